The molecule has 0 spiro atoms. The smallest absolute Gasteiger partial charge is 0.205 e. The molecule has 7 aromatic carbocycles. The summed E-state index contributed by atoms with van der Waals surface area (Å²) >= 11 is 0. The first-order chi connectivity index (χ1) is 26.4. The van der Waals surface area contributed by atoms with Gasteiger partial charge < -0.3 is 10.3 Å². The summed E-state index contributed by atoms with van der Waals surface area (Å²) in [6.45, 7) is 8.98. The van der Waals surface area contributed by atoms with E-state index >= 15 is 0 Å². The lowest BCUT2D eigenvalue weighted by Gasteiger charge is -2.22. The van der Waals surface area contributed by atoms with E-state index in [-0.39, 0.29) is 5.41 Å². The van der Waals surface area contributed by atoms with Crippen LogP contribution in [0.25, 0.3) is 77.1 Å². The zero-order valence-corrected chi connectivity index (χ0v) is 30.3. The SMILES string of the molecule is C=C(/C=C\N=C(/N)n1c2ccccc2c2cc(-c3ccc4c(c3)c3ccccc3n4-c3ccccc3)ccc21)c1ccc2c(c1)C(C)(C)c1ccccc1-2. The second-order valence-electron chi connectivity index (χ2n) is 14.8. The van der Waals surface area contributed by atoms with Gasteiger partial charge in [-0.2, -0.15) is 0 Å². The van der Waals surface area contributed by atoms with E-state index in [1.807, 2.05) is 16.7 Å². The van der Waals surface area contributed by atoms with Crippen molar-refractivity contribution in [1.82, 2.24) is 9.13 Å². The molecule has 4 heteroatoms. The van der Waals surface area contributed by atoms with E-state index in [2.05, 4.69) is 177 Å². The molecule has 258 valence electrons. The monoisotopic (exact) mass is 694 g/mol. The van der Waals surface area contributed by atoms with Gasteiger partial charge in [0.15, 0.2) is 0 Å². The van der Waals surface area contributed by atoms with E-state index in [0.717, 1.165) is 44.2 Å². The summed E-state index contributed by atoms with van der Waals surface area (Å²) in [5, 5.41) is 4.72. The van der Waals surface area contributed by atoms with Crippen molar-refractivity contribution in [2.24, 2.45) is 10.7 Å². The molecule has 0 bridgehead atoms. The molecule has 2 heterocycles. The van der Waals surface area contributed by atoms with Crippen LogP contribution in [-0.4, -0.2) is 15.1 Å². The number of nitrogens with two attached hydrogens (primary N) is 1. The van der Waals surface area contributed by atoms with Gasteiger partial charge in [0, 0.05) is 38.8 Å². The van der Waals surface area contributed by atoms with Crippen LogP contribution in [0.5, 0.6) is 0 Å². The lowest BCUT2D eigenvalue weighted by Crippen LogP contribution is -2.21. The fourth-order valence-corrected chi connectivity index (χ4v) is 8.67. The van der Waals surface area contributed by atoms with Crippen LogP contribution in [-0.2, 0) is 5.41 Å². The standard InChI is InChI=1S/C50H38N4/c1-32(33-21-24-38-37-15-7-10-18-43(37)50(2,3)44(38)31-33)27-28-52-49(51)54-46-20-12-9-17-40(46)42-30-35(23-26-48(42)54)34-22-25-47-41(29-34)39-16-8-11-19-45(39)53(47)36-13-5-4-6-14-36/h4-31H,1H2,2-3H3,(H2,51,52)/b28-27-. The molecule has 0 aliphatic heterocycles. The number of fused-ring (bicyclic) bond motifs is 9. The fraction of sp³-hybridized carbons (Fsp3) is 0.0600. The number of rotatable bonds is 5. The van der Waals surface area contributed by atoms with E-state index in [4.69, 9.17) is 10.7 Å². The quantitative estimate of drug-likeness (QED) is 0.109. The van der Waals surface area contributed by atoms with Crippen LogP contribution in [0.1, 0.15) is 30.5 Å². The van der Waals surface area contributed by atoms with Crippen LogP contribution in [0, 0.1) is 0 Å². The van der Waals surface area contributed by atoms with Crippen molar-refractivity contribution in [3.63, 3.8) is 0 Å². The highest BCUT2D eigenvalue weighted by Crippen LogP contribution is 2.49. The second-order valence-corrected chi connectivity index (χ2v) is 14.8. The zero-order chi connectivity index (χ0) is 36.6. The first kappa shape index (κ1) is 31.8. The van der Waals surface area contributed by atoms with Gasteiger partial charge >= 0.3 is 0 Å². The highest BCUT2D eigenvalue weighted by atomic mass is 15.1. The van der Waals surface area contributed by atoms with Crippen molar-refractivity contribution in [2.75, 3.05) is 0 Å². The summed E-state index contributed by atoms with van der Waals surface area (Å²) in [7, 11) is 0. The maximum Gasteiger partial charge on any atom is 0.205 e. The van der Waals surface area contributed by atoms with Crippen LogP contribution in [0.4, 0.5) is 0 Å². The minimum atomic E-state index is -0.0690. The molecule has 0 unspecified atom stereocenters. The molecule has 0 saturated heterocycles. The summed E-state index contributed by atoms with van der Waals surface area (Å²) in [4.78, 5) is 4.75. The van der Waals surface area contributed by atoms with Crippen LogP contribution >= 0.6 is 0 Å². The van der Waals surface area contributed by atoms with Gasteiger partial charge in [-0.3, -0.25) is 4.57 Å². The van der Waals surface area contributed by atoms with E-state index in [1.54, 1.807) is 6.20 Å². The summed E-state index contributed by atoms with van der Waals surface area (Å²) in [5.74, 6) is 0.402. The molecule has 0 saturated carbocycles. The lowest BCUT2D eigenvalue weighted by molar-refractivity contribution is 0.660. The second kappa shape index (κ2) is 12.1. The zero-order valence-electron chi connectivity index (χ0n) is 30.3. The Labute approximate surface area is 314 Å². The van der Waals surface area contributed by atoms with Crippen molar-refractivity contribution in [2.45, 2.75) is 19.3 Å². The van der Waals surface area contributed by atoms with E-state index < -0.39 is 0 Å². The number of para-hydroxylation sites is 3. The summed E-state index contributed by atoms with van der Waals surface area (Å²) in [6.07, 6.45) is 3.71. The first-order valence-corrected chi connectivity index (χ1v) is 18.4. The van der Waals surface area contributed by atoms with Crippen molar-refractivity contribution in [3.8, 4) is 27.9 Å². The van der Waals surface area contributed by atoms with Gasteiger partial charge in [-0.05, 0) is 105 Å². The molecule has 2 N–H and O–H groups in total. The number of aliphatic imine (C=N–C) groups is 1. The first-order valence-electron chi connectivity index (χ1n) is 18.4. The van der Waals surface area contributed by atoms with Crippen LogP contribution in [0.2, 0.25) is 0 Å². The molecule has 0 radical (unpaired) electrons. The van der Waals surface area contributed by atoms with Gasteiger partial charge in [0.25, 0.3) is 0 Å². The average Bonchev–Trinajstić information content (AvgIpc) is 3.80. The molecule has 0 amide bonds. The molecule has 54 heavy (non-hydrogen) atoms. The minimum Gasteiger partial charge on any atom is -0.369 e. The van der Waals surface area contributed by atoms with Crippen LogP contribution in [0.15, 0.2) is 182 Å². The van der Waals surface area contributed by atoms with E-state index in [0.29, 0.717) is 5.96 Å². The van der Waals surface area contributed by atoms with Gasteiger partial charge in [0.2, 0.25) is 5.96 Å². The summed E-state index contributed by atoms with van der Waals surface area (Å²) < 4.78 is 4.40. The topological polar surface area (TPSA) is 48.2 Å². The molecular weight excluding hydrogens is 657 g/mol. The Balaban J connectivity index is 1.000. The highest BCUT2D eigenvalue weighted by Gasteiger charge is 2.35. The Morgan fingerprint density at radius 2 is 1.15 bits per heavy atom. The molecular formula is C50H38N4. The Morgan fingerprint density at radius 3 is 1.93 bits per heavy atom. The molecule has 9 aromatic rings. The summed E-state index contributed by atoms with van der Waals surface area (Å²) in [6, 6.07) is 56.4. The maximum atomic E-state index is 6.80. The maximum absolute atomic E-state index is 6.80. The predicted molar refractivity (Wildman–Crippen MR) is 228 cm³/mol. The molecule has 0 atom stereocenters. The normalized spacial score (nSPS) is 13.7. The van der Waals surface area contributed by atoms with Crippen molar-refractivity contribution in [3.05, 3.63) is 193 Å². The average molecular weight is 695 g/mol. The highest BCUT2D eigenvalue weighted by molar-refractivity contribution is 6.15. The third-order valence-corrected chi connectivity index (χ3v) is 11.4. The molecule has 0 fully saturated rings. The van der Waals surface area contributed by atoms with E-state index in [1.165, 1.54) is 49.6 Å². The third-order valence-electron chi connectivity index (χ3n) is 11.4. The molecule has 10 rings (SSSR count). The van der Waals surface area contributed by atoms with Crippen LogP contribution in [0.3, 0.4) is 0 Å². The lowest BCUT2D eigenvalue weighted by atomic mass is 9.81. The van der Waals surface area contributed by atoms with Gasteiger partial charge in [-0.1, -0.05) is 124 Å². The number of allylic oxidation sites excluding steroid dienone is 2. The van der Waals surface area contributed by atoms with Gasteiger partial charge in [0.05, 0.1) is 22.1 Å². The number of nitrogens with zero attached hydrogens (tertiary/aromatic N) is 3. The Kier molecular flexibility index (Phi) is 7.11. The number of aromatic nitrogens is 2. The minimum absolute atomic E-state index is 0.0690. The van der Waals surface area contributed by atoms with Crippen molar-refractivity contribution >= 4 is 55.1 Å². The largest absolute Gasteiger partial charge is 0.369 e. The molecule has 4 nitrogen and oxygen atoms in total. The predicted octanol–water partition coefficient (Wildman–Crippen LogP) is 12.3. The Hall–Kier alpha value is -6.91. The molecule has 2 aromatic heterocycles. The fourth-order valence-electron chi connectivity index (χ4n) is 8.67. The number of hydrogen-bond acceptors (Lipinski definition) is 1. The molecule has 1 aliphatic rings. The van der Waals surface area contributed by atoms with Gasteiger partial charge in [0.1, 0.15) is 0 Å². The van der Waals surface area contributed by atoms with Crippen LogP contribution < -0.4 is 5.73 Å². The van der Waals surface area contributed by atoms with Crippen molar-refractivity contribution in [1.29, 1.82) is 0 Å². The Bertz CT molecular complexity index is 3040. The summed E-state index contributed by atoms with van der Waals surface area (Å²) in [5.41, 5.74) is 21.9. The Morgan fingerprint density at radius 1 is 0.574 bits per heavy atom. The third kappa shape index (κ3) is 4.80. The van der Waals surface area contributed by atoms with Gasteiger partial charge in [-0.25, -0.2) is 4.99 Å². The number of hydrogen-bond donors (Lipinski definition) is 1. The van der Waals surface area contributed by atoms with Gasteiger partial charge in [-0.15, -0.1) is 0 Å². The molecule has 1 aliphatic carbocycles. The number of benzene rings is 7. The van der Waals surface area contributed by atoms with E-state index in [9.17, 15) is 0 Å². The van der Waals surface area contributed by atoms with Crippen molar-refractivity contribution < 1.29 is 0 Å².